The Morgan fingerprint density at radius 2 is 1.58 bits per heavy atom. The topological polar surface area (TPSA) is 40.0 Å². The van der Waals surface area contributed by atoms with Crippen LogP contribution in [-0.4, -0.2) is 26.0 Å². The second kappa shape index (κ2) is 14.8. The van der Waals surface area contributed by atoms with Gasteiger partial charge in [0.1, 0.15) is 29.2 Å². The van der Waals surface area contributed by atoms with Crippen molar-refractivity contribution in [2.24, 2.45) is 5.16 Å². The van der Waals surface area contributed by atoms with Gasteiger partial charge in [0.15, 0.2) is 0 Å². The minimum Gasteiger partial charge on any atom is -0.493 e. The van der Waals surface area contributed by atoms with E-state index in [4.69, 9.17) is 37.5 Å². The average Bonchev–Trinajstić information content (AvgIpc) is 2.78. The number of hydrogen-bond donors (Lipinski definition) is 0. The lowest BCUT2D eigenvalue weighted by atomic mass is 10.0. The van der Waals surface area contributed by atoms with E-state index in [1.54, 1.807) is 12.3 Å². The molecule has 0 fully saturated rings. The third-order valence-electron chi connectivity index (χ3n) is 4.67. The molecule has 0 aliphatic carbocycles. The normalized spacial score (nSPS) is 10.8. The van der Waals surface area contributed by atoms with Gasteiger partial charge in [-0.25, -0.2) is 0 Å². The quantitative estimate of drug-likeness (QED) is 0.170. The summed E-state index contributed by atoms with van der Waals surface area (Å²) in [5.41, 5.74) is 3.33. The van der Waals surface area contributed by atoms with Crippen LogP contribution in [0, 0.1) is 0 Å². The SMILES string of the molecule is CCc1cc(OCC=C(Cl)Cl)cc(CC)c1OCCCCCO/N=C/c1ccccc1. The summed E-state index contributed by atoms with van der Waals surface area (Å²) in [6, 6.07) is 14.0. The van der Waals surface area contributed by atoms with Crippen LogP contribution >= 0.6 is 23.2 Å². The second-order valence-corrected chi connectivity index (χ2v) is 7.98. The van der Waals surface area contributed by atoms with Crippen LogP contribution in [0.3, 0.4) is 0 Å². The smallest absolute Gasteiger partial charge is 0.125 e. The Morgan fingerprint density at radius 1 is 0.903 bits per heavy atom. The average molecular weight is 464 g/mol. The maximum Gasteiger partial charge on any atom is 0.125 e. The standard InChI is InChI=1S/C25H31Cl2NO3/c1-3-21-17-23(29-16-13-24(26)27)18-22(4-2)25(21)30-14-9-6-10-15-31-28-19-20-11-7-5-8-12-20/h5,7-8,11-13,17-19H,3-4,6,9-10,14-16H2,1-2H3/b28-19+. The van der Waals surface area contributed by atoms with Gasteiger partial charge in [-0.1, -0.05) is 72.5 Å². The lowest BCUT2D eigenvalue weighted by Crippen LogP contribution is -2.05. The zero-order valence-electron chi connectivity index (χ0n) is 18.3. The Labute approximate surface area is 195 Å². The zero-order valence-corrected chi connectivity index (χ0v) is 19.8. The molecule has 0 radical (unpaired) electrons. The molecule has 0 N–H and O–H groups in total. The molecule has 0 atom stereocenters. The van der Waals surface area contributed by atoms with Crippen molar-refractivity contribution in [2.75, 3.05) is 19.8 Å². The molecule has 2 rings (SSSR count). The minimum atomic E-state index is 0.208. The van der Waals surface area contributed by atoms with Crippen molar-refractivity contribution < 1.29 is 14.3 Å². The van der Waals surface area contributed by atoms with E-state index in [2.05, 4.69) is 19.0 Å². The number of unbranched alkanes of at least 4 members (excludes halogenated alkanes) is 2. The van der Waals surface area contributed by atoms with Crippen molar-refractivity contribution in [3.63, 3.8) is 0 Å². The van der Waals surface area contributed by atoms with Gasteiger partial charge in [0.05, 0.1) is 12.8 Å². The highest BCUT2D eigenvalue weighted by Crippen LogP contribution is 2.31. The van der Waals surface area contributed by atoms with Gasteiger partial charge in [0.2, 0.25) is 0 Å². The number of oxime groups is 1. The molecule has 6 heteroatoms. The van der Waals surface area contributed by atoms with Crippen LogP contribution in [-0.2, 0) is 17.7 Å². The molecular weight excluding hydrogens is 433 g/mol. The lowest BCUT2D eigenvalue weighted by Gasteiger charge is -2.17. The Balaban J connectivity index is 1.74. The van der Waals surface area contributed by atoms with E-state index in [0.717, 1.165) is 60.3 Å². The van der Waals surface area contributed by atoms with Crippen molar-refractivity contribution in [2.45, 2.75) is 46.0 Å². The summed E-state index contributed by atoms with van der Waals surface area (Å²) in [5.74, 6) is 1.78. The van der Waals surface area contributed by atoms with E-state index < -0.39 is 0 Å². The van der Waals surface area contributed by atoms with Crippen LogP contribution < -0.4 is 9.47 Å². The molecule has 0 unspecified atom stereocenters. The number of hydrogen-bond acceptors (Lipinski definition) is 4. The molecule has 0 bridgehead atoms. The Bertz CT molecular complexity index is 809. The highest BCUT2D eigenvalue weighted by molar-refractivity contribution is 6.55. The largest absolute Gasteiger partial charge is 0.493 e. The third-order valence-corrected chi connectivity index (χ3v) is 4.98. The highest BCUT2D eigenvalue weighted by Gasteiger charge is 2.11. The monoisotopic (exact) mass is 463 g/mol. The summed E-state index contributed by atoms with van der Waals surface area (Å²) in [7, 11) is 0. The first kappa shape index (κ1) is 25.1. The van der Waals surface area contributed by atoms with Crippen molar-refractivity contribution in [3.05, 3.63) is 69.7 Å². The first-order valence-electron chi connectivity index (χ1n) is 10.8. The molecule has 0 amide bonds. The molecule has 0 aromatic heterocycles. The number of nitrogens with zero attached hydrogens (tertiary/aromatic N) is 1. The molecular formula is C25H31Cl2NO3. The Kier molecular flexibility index (Phi) is 12.0. The van der Waals surface area contributed by atoms with Crippen LogP contribution in [0.2, 0.25) is 0 Å². The fourth-order valence-electron chi connectivity index (χ4n) is 3.03. The molecule has 2 aromatic carbocycles. The maximum absolute atomic E-state index is 6.15. The van der Waals surface area contributed by atoms with Crippen molar-refractivity contribution in [3.8, 4) is 11.5 Å². The van der Waals surface area contributed by atoms with Gasteiger partial charge in [-0.2, -0.15) is 0 Å². The highest BCUT2D eigenvalue weighted by atomic mass is 35.5. The molecule has 0 saturated heterocycles. The van der Waals surface area contributed by atoms with E-state index in [0.29, 0.717) is 19.8 Å². The summed E-state index contributed by atoms with van der Waals surface area (Å²) < 4.78 is 12.1. The summed E-state index contributed by atoms with van der Waals surface area (Å²) in [4.78, 5) is 5.33. The van der Waals surface area contributed by atoms with Crippen LogP contribution in [0.5, 0.6) is 11.5 Å². The number of benzene rings is 2. The maximum atomic E-state index is 6.15. The molecule has 0 aliphatic rings. The van der Waals surface area contributed by atoms with Gasteiger partial charge in [-0.3, -0.25) is 0 Å². The van der Waals surface area contributed by atoms with Crippen LogP contribution in [0.15, 0.2) is 58.2 Å². The predicted octanol–water partition coefficient (Wildman–Crippen LogP) is 7.11. The van der Waals surface area contributed by atoms with E-state index in [9.17, 15) is 0 Å². The molecule has 0 heterocycles. The molecule has 31 heavy (non-hydrogen) atoms. The van der Waals surface area contributed by atoms with Crippen LogP contribution in [0.4, 0.5) is 0 Å². The van der Waals surface area contributed by atoms with Crippen LogP contribution in [0.1, 0.15) is 49.8 Å². The summed E-state index contributed by atoms with van der Waals surface area (Å²) in [6.07, 6.45) is 8.04. The molecule has 2 aromatic rings. The first-order chi connectivity index (χ1) is 15.1. The fraction of sp³-hybridized carbons (Fsp3) is 0.400. The van der Waals surface area contributed by atoms with E-state index in [1.807, 2.05) is 42.5 Å². The zero-order chi connectivity index (χ0) is 22.3. The molecule has 0 aliphatic heterocycles. The van der Waals surface area contributed by atoms with Gasteiger partial charge < -0.3 is 14.3 Å². The van der Waals surface area contributed by atoms with Gasteiger partial charge in [0, 0.05) is 0 Å². The summed E-state index contributed by atoms with van der Waals surface area (Å²) >= 11 is 11.3. The van der Waals surface area contributed by atoms with E-state index in [-0.39, 0.29) is 4.49 Å². The number of ether oxygens (including phenoxy) is 2. The van der Waals surface area contributed by atoms with Crippen LogP contribution in [0.25, 0.3) is 0 Å². The summed E-state index contributed by atoms with van der Waals surface area (Å²) in [5, 5.41) is 4.01. The first-order valence-corrected chi connectivity index (χ1v) is 11.5. The molecule has 168 valence electrons. The Morgan fingerprint density at radius 3 is 2.23 bits per heavy atom. The van der Waals surface area contributed by atoms with Crippen molar-refractivity contribution >= 4 is 29.4 Å². The van der Waals surface area contributed by atoms with Gasteiger partial charge >= 0.3 is 0 Å². The Hall–Kier alpha value is -2.17. The van der Waals surface area contributed by atoms with E-state index in [1.165, 1.54) is 0 Å². The minimum absolute atomic E-state index is 0.208. The number of rotatable bonds is 14. The lowest BCUT2D eigenvalue weighted by molar-refractivity contribution is 0.140. The fourth-order valence-corrected chi connectivity index (χ4v) is 3.15. The van der Waals surface area contributed by atoms with Crippen molar-refractivity contribution in [1.29, 1.82) is 0 Å². The van der Waals surface area contributed by atoms with Gasteiger partial charge in [-0.15, -0.1) is 0 Å². The third kappa shape index (κ3) is 9.67. The van der Waals surface area contributed by atoms with E-state index >= 15 is 0 Å². The second-order valence-electron chi connectivity index (χ2n) is 6.97. The number of aryl methyl sites for hydroxylation is 2. The number of halogens is 2. The molecule has 4 nitrogen and oxygen atoms in total. The van der Waals surface area contributed by atoms with Crippen molar-refractivity contribution in [1.82, 2.24) is 0 Å². The molecule has 0 spiro atoms. The molecule has 0 saturated carbocycles. The van der Waals surface area contributed by atoms with Gasteiger partial charge in [-0.05, 0) is 67.0 Å². The van der Waals surface area contributed by atoms with Gasteiger partial charge in [0.25, 0.3) is 0 Å². The summed E-state index contributed by atoms with van der Waals surface area (Å²) in [6.45, 7) is 5.86. The predicted molar refractivity (Wildman–Crippen MR) is 130 cm³/mol.